The van der Waals surface area contributed by atoms with Crippen molar-refractivity contribution in [1.29, 1.82) is 0 Å². The second-order valence-electron chi connectivity index (χ2n) is 9.02. The summed E-state index contributed by atoms with van der Waals surface area (Å²) >= 11 is 0. The summed E-state index contributed by atoms with van der Waals surface area (Å²) in [6, 6.07) is 22.7. The van der Waals surface area contributed by atoms with Crippen LogP contribution in [0.3, 0.4) is 0 Å². The minimum absolute atomic E-state index is 0.166. The van der Waals surface area contributed by atoms with Gasteiger partial charge in [-0.05, 0) is 71.3 Å². The number of carboxylic acid groups (broad SMARTS) is 1. The minimum Gasteiger partial charge on any atom is -0.478 e. The lowest BCUT2D eigenvalue weighted by molar-refractivity contribution is -0.131. The Labute approximate surface area is 223 Å². The van der Waals surface area contributed by atoms with E-state index in [1.165, 1.54) is 23.1 Å². The number of amides is 1. The molecule has 1 N–H and O–H groups in total. The zero-order valence-corrected chi connectivity index (χ0v) is 20.9. The van der Waals surface area contributed by atoms with Crippen molar-refractivity contribution < 1.29 is 23.5 Å². The molecule has 194 valence electrons. The van der Waals surface area contributed by atoms with Crippen molar-refractivity contribution in [2.24, 2.45) is 7.05 Å². The van der Waals surface area contributed by atoms with Gasteiger partial charge in [0.25, 0.3) is 5.91 Å². The molecular formula is C31H23F2N3O3. The normalized spacial score (nSPS) is 11.3. The fraction of sp³-hybridized carbons (Fsp3) is 0.0645. The third-order valence-corrected chi connectivity index (χ3v) is 6.36. The number of benzene rings is 4. The summed E-state index contributed by atoms with van der Waals surface area (Å²) in [6.07, 6.45) is 3.85. The largest absolute Gasteiger partial charge is 0.478 e. The van der Waals surface area contributed by atoms with E-state index in [9.17, 15) is 14.0 Å². The molecule has 8 heteroatoms. The maximum Gasteiger partial charge on any atom is 0.328 e. The predicted octanol–water partition coefficient (Wildman–Crippen LogP) is 6.46. The van der Waals surface area contributed by atoms with Crippen molar-refractivity contribution in [2.75, 3.05) is 4.90 Å². The van der Waals surface area contributed by atoms with Gasteiger partial charge in [0.05, 0.1) is 18.3 Å². The number of rotatable bonds is 7. The summed E-state index contributed by atoms with van der Waals surface area (Å²) in [5.74, 6) is -2.83. The maximum absolute atomic E-state index is 15.5. The van der Waals surface area contributed by atoms with Crippen molar-refractivity contribution in [3.05, 3.63) is 126 Å². The molecule has 1 amide bonds. The second-order valence-corrected chi connectivity index (χ2v) is 9.02. The summed E-state index contributed by atoms with van der Waals surface area (Å²) in [4.78, 5) is 25.8. The Morgan fingerprint density at radius 2 is 1.69 bits per heavy atom. The van der Waals surface area contributed by atoms with Crippen molar-refractivity contribution in [3.63, 3.8) is 0 Å². The Hall–Kier alpha value is -5.11. The first kappa shape index (κ1) is 25.5. The van der Waals surface area contributed by atoms with E-state index in [0.29, 0.717) is 11.1 Å². The van der Waals surface area contributed by atoms with Crippen LogP contribution in [-0.2, 0) is 18.4 Å². The Morgan fingerprint density at radius 3 is 2.44 bits per heavy atom. The van der Waals surface area contributed by atoms with Crippen LogP contribution in [0, 0.1) is 11.6 Å². The highest BCUT2D eigenvalue weighted by Crippen LogP contribution is 2.28. The molecule has 0 aliphatic heterocycles. The lowest BCUT2D eigenvalue weighted by atomic mass is 10.0. The van der Waals surface area contributed by atoms with Gasteiger partial charge >= 0.3 is 5.97 Å². The van der Waals surface area contributed by atoms with Gasteiger partial charge in [0.1, 0.15) is 11.6 Å². The van der Waals surface area contributed by atoms with Crippen molar-refractivity contribution in [1.82, 2.24) is 9.78 Å². The number of anilines is 1. The summed E-state index contributed by atoms with van der Waals surface area (Å²) in [5, 5.41) is 14.1. The number of halogens is 2. The molecule has 5 rings (SSSR count). The number of aliphatic carboxylic acids is 1. The number of hydrogen-bond donors (Lipinski definition) is 1. The summed E-state index contributed by atoms with van der Waals surface area (Å²) in [5.41, 5.74) is 3.43. The molecule has 0 fully saturated rings. The van der Waals surface area contributed by atoms with Crippen LogP contribution in [-0.4, -0.2) is 26.8 Å². The Balaban J connectivity index is 1.51. The lowest BCUT2D eigenvalue weighted by Gasteiger charge is -2.24. The number of aromatic nitrogens is 2. The molecule has 1 aromatic heterocycles. The first-order chi connectivity index (χ1) is 18.8. The van der Waals surface area contributed by atoms with E-state index in [1.54, 1.807) is 53.3 Å². The Morgan fingerprint density at radius 1 is 0.949 bits per heavy atom. The average Bonchev–Trinajstić information content (AvgIpc) is 3.31. The molecule has 0 aliphatic rings. The number of aryl methyl sites for hydroxylation is 1. The lowest BCUT2D eigenvalue weighted by Crippen LogP contribution is -2.31. The molecule has 0 saturated carbocycles. The van der Waals surface area contributed by atoms with Crippen LogP contribution in [0.25, 0.3) is 28.1 Å². The number of hydrogen-bond acceptors (Lipinski definition) is 3. The van der Waals surface area contributed by atoms with Gasteiger partial charge in [-0.3, -0.25) is 9.48 Å². The van der Waals surface area contributed by atoms with E-state index in [4.69, 9.17) is 5.11 Å². The fourth-order valence-corrected chi connectivity index (χ4v) is 4.40. The molecule has 1 heterocycles. The molecule has 4 aromatic carbocycles. The van der Waals surface area contributed by atoms with Gasteiger partial charge in [0.15, 0.2) is 0 Å². The molecule has 0 unspecified atom stereocenters. The molecule has 0 radical (unpaired) electrons. The molecular weight excluding hydrogens is 500 g/mol. The average molecular weight is 524 g/mol. The molecule has 0 atom stereocenters. The van der Waals surface area contributed by atoms with Crippen LogP contribution in [0.4, 0.5) is 14.5 Å². The van der Waals surface area contributed by atoms with Crippen LogP contribution in [0.5, 0.6) is 0 Å². The molecule has 0 spiro atoms. The van der Waals surface area contributed by atoms with Crippen LogP contribution in [0.1, 0.15) is 21.5 Å². The maximum atomic E-state index is 15.5. The SMILES string of the molecule is Cn1ncc2cc(-c3ccc(CN(C(=O)c4ccccc4)c4cc(F)cc(C=CC(=O)O)c4)c(F)c3)ccc21. The highest BCUT2D eigenvalue weighted by atomic mass is 19.1. The van der Waals surface area contributed by atoms with Gasteiger partial charge < -0.3 is 10.0 Å². The number of carbonyl (C=O) groups excluding carboxylic acids is 1. The van der Waals surface area contributed by atoms with Crippen LogP contribution >= 0.6 is 0 Å². The number of carboxylic acids is 1. The van der Waals surface area contributed by atoms with E-state index in [-0.39, 0.29) is 23.4 Å². The molecule has 0 saturated heterocycles. The third-order valence-electron chi connectivity index (χ3n) is 6.36. The number of carbonyl (C=O) groups is 2. The van der Waals surface area contributed by atoms with Gasteiger partial charge in [0, 0.05) is 35.3 Å². The van der Waals surface area contributed by atoms with Gasteiger partial charge in [0.2, 0.25) is 0 Å². The van der Waals surface area contributed by atoms with Crippen molar-refractivity contribution in [3.8, 4) is 11.1 Å². The van der Waals surface area contributed by atoms with E-state index in [0.717, 1.165) is 34.7 Å². The molecule has 0 aliphatic carbocycles. The number of nitrogens with zero attached hydrogens (tertiary/aromatic N) is 3. The predicted molar refractivity (Wildman–Crippen MR) is 146 cm³/mol. The van der Waals surface area contributed by atoms with Crippen LogP contribution in [0.15, 0.2) is 97.2 Å². The molecule has 5 aromatic rings. The standard InChI is InChI=1S/C31H23F2N3O3/c1-35-29-11-10-22(15-25(29)18-34-35)23-8-9-24(28(33)16-23)19-36(31(39)21-5-3-2-4-6-21)27-14-20(7-12-30(37)38)13-26(32)17-27/h2-18H,19H2,1H3,(H,37,38). The van der Waals surface area contributed by atoms with Crippen LogP contribution < -0.4 is 4.90 Å². The minimum atomic E-state index is -1.19. The van der Waals surface area contributed by atoms with Crippen molar-refractivity contribution in [2.45, 2.75) is 6.54 Å². The fourth-order valence-electron chi connectivity index (χ4n) is 4.40. The third kappa shape index (κ3) is 5.60. The quantitative estimate of drug-likeness (QED) is 0.248. The van der Waals surface area contributed by atoms with Gasteiger partial charge in [-0.25, -0.2) is 13.6 Å². The van der Waals surface area contributed by atoms with Crippen molar-refractivity contribution >= 4 is 34.5 Å². The van der Waals surface area contributed by atoms with Gasteiger partial charge in [-0.2, -0.15) is 5.10 Å². The second kappa shape index (κ2) is 10.7. The highest BCUT2D eigenvalue weighted by molar-refractivity contribution is 6.06. The van der Waals surface area contributed by atoms with E-state index < -0.39 is 23.5 Å². The first-order valence-corrected chi connectivity index (χ1v) is 12.1. The van der Waals surface area contributed by atoms with Gasteiger partial charge in [-0.15, -0.1) is 0 Å². The molecule has 39 heavy (non-hydrogen) atoms. The smallest absolute Gasteiger partial charge is 0.328 e. The zero-order valence-electron chi connectivity index (χ0n) is 20.9. The topological polar surface area (TPSA) is 75.4 Å². The summed E-state index contributed by atoms with van der Waals surface area (Å²) < 4.78 is 31.8. The Kier molecular flexibility index (Phi) is 7.01. The summed E-state index contributed by atoms with van der Waals surface area (Å²) in [6.45, 7) is -0.174. The highest BCUT2D eigenvalue weighted by Gasteiger charge is 2.21. The van der Waals surface area contributed by atoms with Crippen LogP contribution in [0.2, 0.25) is 0 Å². The van der Waals surface area contributed by atoms with E-state index in [1.807, 2.05) is 25.2 Å². The van der Waals surface area contributed by atoms with Gasteiger partial charge in [-0.1, -0.05) is 36.4 Å². The van der Waals surface area contributed by atoms with E-state index >= 15 is 4.39 Å². The summed E-state index contributed by atoms with van der Waals surface area (Å²) in [7, 11) is 1.85. The first-order valence-electron chi connectivity index (χ1n) is 12.1. The molecule has 6 nitrogen and oxygen atoms in total. The molecule has 0 bridgehead atoms. The Bertz CT molecular complexity index is 1730. The zero-order chi connectivity index (χ0) is 27.5. The monoisotopic (exact) mass is 523 g/mol. The number of fused-ring (bicyclic) bond motifs is 1. The van der Waals surface area contributed by atoms with E-state index in [2.05, 4.69) is 5.10 Å².